The number of benzene rings is 2. The van der Waals surface area contributed by atoms with Crippen molar-refractivity contribution in [3.05, 3.63) is 59.4 Å². The summed E-state index contributed by atoms with van der Waals surface area (Å²) in [5, 5.41) is 0. The Hall–Kier alpha value is -1.88. The van der Waals surface area contributed by atoms with Gasteiger partial charge in [-0.15, -0.1) is 0 Å². The first-order chi connectivity index (χ1) is 13.0. The molecule has 1 aliphatic carbocycles. The number of hydrogen-bond donors (Lipinski definition) is 0. The summed E-state index contributed by atoms with van der Waals surface area (Å²) in [7, 11) is 0. The molecule has 5 heteroatoms. The second kappa shape index (κ2) is 10.5. The Morgan fingerprint density at radius 2 is 1.52 bits per heavy atom. The van der Waals surface area contributed by atoms with Gasteiger partial charge in [-0.3, -0.25) is 0 Å². The normalized spacial score (nSPS) is 19.3. The maximum absolute atomic E-state index is 13.8. The molecule has 2 aromatic carbocycles. The van der Waals surface area contributed by atoms with Crippen LogP contribution in [0.25, 0.3) is 11.1 Å². The third-order valence-corrected chi connectivity index (χ3v) is 4.96. The van der Waals surface area contributed by atoms with Crippen molar-refractivity contribution in [1.82, 2.24) is 0 Å². The van der Waals surface area contributed by atoms with E-state index >= 15 is 0 Å². The zero-order valence-corrected chi connectivity index (χ0v) is 15.8. The van der Waals surface area contributed by atoms with Gasteiger partial charge in [0.25, 0.3) is 0 Å². The van der Waals surface area contributed by atoms with Crippen molar-refractivity contribution < 1.29 is 22.3 Å². The summed E-state index contributed by atoms with van der Waals surface area (Å²) in [6.45, 7) is 3.39. The van der Waals surface area contributed by atoms with Crippen LogP contribution in [0.1, 0.15) is 45.1 Å². The summed E-state index contributed by atoms with van der Waals surface area (Å²) in [6.07, 6.45) is 5.14. The Morgan fingerprint density at radius 3 is 2.07 bits per heavy atom. The number of aryl methyl sites for hydroxylation is 1. The quantitative estimate of drug-likeness (QED) is 0.526. The average molecular weight is 382 g/mol. The highest BCUT2D eigenvalue weighted by atomic mass is 19.2. The molecule has 0 aliphatic heterocycles. The standard InChI is InChI=1S/C14H11F3.C8H15FO/c1-2-9-5-8-12(14(17)13(9)16)10-3-6-11(15)7-4-10;1-7-2-4-8(5-3-7)10-6-9/h3-8H,2H2,1H3;7-8H,2-6H2,1H3. The molecule has 0 unspecified atom stereocenters. The van der Waals surface area contributed by atoms with Crippen LogP contribution >= 0.6 is 0 Å². The first-order valence-corrected chi connectivity index (χ1v) is 9.36. The molecule has 0 aromatic heterocycles. The van der Waals surface area contributed by atoms with Gasteiger partial charge in [0, 0.05) is 5.56 Å². The Labute approximate surface area is 158 Å². The Balaban J connectivity index is 0.000000223. The van der Waals surface area contributed by atoms with Crippen LogP contribution in [-0.4, -0.2) is 13.0 Å². The van der Waals surface area contributed by atoms with Gasteiger partial charge >= 0.3 is 0 Å². The first-order valence-electron chi connectivity index (χ1n) is 9.36. The molecule has 0 saturated heterocycles. The van der Waals surface area contributed by atoms with E-state index in [0.29, 0.717) is 17.5 Å². The van der Waals surface area contributed by atoms with E-state index in [4.69, 9.17) is 4.74 Å². The summed E-state index contributed by atoms with van der Waals surface area (Å²) in [6, 6.07) is 8.38. The summed E-state index contributed by atoms with van der Waals surface area (Å²) < 4.78 is 56.6. The molecule has 0 radical (unpaired) electrons. The van der Waals surface area contributed by atoms with E-state index in [0.717, 1.165) is 18.8 Å². The van der Waals surface area contributed by atoms with Gasteiger partial charge in [0.1, 0.15) is 5.82 Å². The average Bonchev–Trinajstić information content (AvgIpc) is 2.67. The Morgan fingerprint density at radius 1 is 0.889 bits per heavy atom. The lowest BCUT2D eigenvalue weighted by Crippen LogP contribution is -2.19. The molecule has 0 heterocycles. The zero-order chi connectivity index (χ0) is 19.8. The highest BCUT2D eigenvalue weighted by molar-refractivity contribution is 5.64. The first kappa shape index (κ1) is 21.4. The van der Waals surface area contributed by atoms with Crippen molar-refractivity contribution in [2.45, 2.75) is 52.1 Å². The largest absolute Gasteiger partial charge is 0.347 e. The number of alkyl halides is 1. The molecule has 3 rings (SSSR count). The van der Waals surface area contributed by atoms with Crippen LogP contribution in [0.15, 0.2) is 36.4 Å². The zero-order valence-electron chi connectivity index (χ0n) is 15.8. The maximum atomic E-state index is 13.8. The van der Waals surface area contributed by atoms with Crippen LogP contribution < -0.4 is 0 Å². The van der Waals surface area contributed by atoms with Crippen molar-refractivity contribution in [3.63, 3.8) is 0 Å². The summed E-state index contributed by atoms with van der Waals surface area (Å²) in [5.74, 6) is -1.29. The summed E-state index contributed by atoms with van der Waals surface area (Å²) in [5.41, 5.74) is 0.957. The lowest BCUT2D eigenvalue weighted by molar-refractivity contribution is -0.0274. The van der Waals surface area contributed by atoms with E-state index in [1.807, 2.05) is 0 Å². The molecule has 0 atom stereocenters. The van der Waals surface area contributed by atoms with Crippen molar-refractivity contribution in [1.29, 1.82) is 0 Å². The number of ether oxygens (including phenoxy) is 1. The van der Waals surface area contributed by atoms with Crippen molar-refractivity contribution in [3.8, 4) is 11.1 Å². The molecule has 1 saturated carbocycles. The highest BCUT2D eigenvalue weighted by Gasteiger charge is 2.18. The molecule has 1 nitrogen and oxygen atoms in total. The van der Waals surface area contributed by atoms with Crippen LogP contribution in [-0.2, 0) is 11.2 Å². The van der Waals surface area contributed by atoms with Crippen LogP contribution in [0.4, 0.5) is 17.6 Å². The van der Waals surface area contributed by atoms with Crippen LogP contribution in [0.3, 0.4) is 0 Å². The van der Waals surface area contributed by atoms with E-state index in [1.54, 1.807) is 13.0 Å². The monoisotopic (exact) mass is 382 g/mol. The predicted octanol–water partition coefficient (Wildman–Crippen LogP) is 6.84. The highest BCUT2D eigenvalue weighted by Crippen LogP contribution is 2.27. The van der Waals surface area contributed by atoms with Crippen LogP contribution in [0.5, 0.6) is 0 Å². The maximum Gasteiger partial charge on any atom is 0.188 e. The van der Waals surface area contributed by atoms with Crippen molar-refractivity contribution in [2.24, 2.45) is 5.92 Å². The minimum Gasteiger partial charge on any atom is -0.347 e. The molecular formula is C22H26F4O. The molecule has 0 spiro atoms. The molecule has 1 aliphatic rings. The molecule has 148 valence electrons. The molecule has 2 aromatic rings. The fourth-order valence-electron chi connectivity index (χ4n) is 3.20. The van der Waals surface area contributed by atoms with Crippen LogP contribution in [0, 0.1) is 23.4 Å². The van der Waals surface area contributed by atoms with Crippen LogP contribution in [0.2, 0.25) is 0 Å². The third-order valence-electron chi connectivity index (χ3n) is 4.96. The van der Waals surface area contributed by atoms with Gasteiger partial charge in [-0.2, -0.15) is 0 Å². The third kappa shape index (κ3) is 6.06. The van der Waals surface area contributed by atoms with Gasteiger partial charge in [0.15, 0.2) is 18.5 Å². The molecule has 0 bridgehead atoms. The van der Waals surface area contributed by atoms with E-state index in [1.165, 1.54) is 43.2 Å². The number of halogens is 4. The topological polar surface area (TPSA) is 9.23 Å². The van der Waals surface area contributed by atoms with E-state index in [-0.39, 0.29) is 11.7 Å². The van der Waals surface area contributed by atoms with Crippen molar-refractivity contribution >= 4 is 0 Å². The minimum absolute atomic E-state index is 0.153. The Bertz CT molecular complexity index is 707. The Kier molecular flexibility index (Phi) is 8.29. The van der Waals surface area contributed by atoms with Gasteiger partial charge in [-0.25, -0.2) is 17.6 Å². The van der Waals surface area contributed by atoms with E-state index in [9.17, 15) is 17.6 Å². The molecule has 27 heavy (non-hydrogen) atoms. The van der Waals surface area contributed by atoms with Gasteiger partial charge < -0.3 is 4.74 Å². The van der Waals surface area contributed by atoms with Gasteiger partial charge in [0.2, 0.25) is 0 Å². The van der Waals surface area contributed by atoms with E-state index < -0.39 is 24.3 Å². The second-order valence-corrected chi connectivity index (χ2v) is 6.92. The smallest absolute Gasteiger partial charge is 0.188 e. The lowest BCUT2D eigenvalue weighted by Gasteiger charge is -2.24. The molecular weight excluding hydrogens is 356 g/mol. The fourth-order valence-corrected chi connectivity index (χ4v) is 3.20. The predicted molar refractivity (Wildman–Crippen MR) is 99.6 cm³/mol. The van der Waals surface area contributed by atoms with Crippen molar-refractivity contribution in [2.75, 3.05) is 6.86 Å². The minimum atomic E-state index is -0.879. The SMILES string of the molecule is CC1CCC(OCF)CC1.CCc1ccc(-c2ccc(F)cc2)c(F)c1F. The molecule has 1 fully saturated rings. The van der Waals surface area contributed by atoms with Gasteiger partial charge in [-0.05, 0) is 61.3 Å². The van der Waals surface area contributed by atoms with Gasteiger partial charge in [-0.1, -0.05) is 38.1 Å². The summed E-state index contributed by atoms with van der Waals surface area (Å²) >= 11 is 0. The summed E-state index contributed by atoms with van der Waals surface area (Å²) in [4.78, 5) is 0. The fraction of sp³-hybridized carbons (Fsp3) is 0.455. The lowest BCUT2D eigenvalue weighted by atomic mass is 9.89. The number of hydrogen-bond acceptors (Lipinski definition) is 1. The number of rotatable bonds is 4. The molecule has 0 amide bonds. The molecule has 0 N–H and O–H groups in total. The second-order valence-electron chi connectivity index (χ2n) is 6.92. The van der Waals surface area contributed by atoms with E-state index in [2.05, 4.69) is 6.92 Å². The van der Waals surface area contributed by atoms with Gasteiger partial charge in [0.05, 0.1) is 6.10 Å².